The minimum atomic E-state index is 0.0444. The predicted octanol–water partition coefficient (Wildman–Crippen LogP) is 1.24. The maximum Gasteiger partial charge on any atom is 0.226 e. The van der Waals surface area contributed by atoms with E-state index in [1.807, 2.05) is 6.92 Å². The molecule has 6 heteroatoms. The number of halogens is 2. The predicted molar refractivity (Wildman–Crippen MR) is 47.3 cm³/mol. The fourth-order valence-corrected chi connectivity index (χ4v) is 1.04. The van der Waals surface area contributed by atoms with Gasteiger partial charge in [-0.3, -0.25) is 0 Å². The lowest BCUT2D eigenvalue weighted by Gasteiger charge is -2.05. The summed E-state index contributed by atoms with van der Waals surface area (Å²) in [6.45, 7) is 2.35. The van der Waals surface area contributed by atoms with Crippen LogP contribution in [0.5, 0.6) is 0 Å². The number of nitrogens with zero attached hydrogens (tertiary/aromatic N) is 3. The Morgan fingerprint density at radius 1 is 1.25 bits per heavy atom. The van der Waals surface area contributed by atoms with E-state index in [2.05, 4.69) is 15.0 Å². The molecule has 0 spiro atoms. The van der Waals surface area contributed by atoms with Crippen LogP contribution in [0.4, 0.5) is 0 Å². The first-order valence-electron chi connectivity index (χ1n) is 3.40. The minimum absolute atomic E-state index is 0.0444. The van der Waals surface area contributed by atoms with Crippen molar-refractivity contribution in [1.29, 1.82) is 0 Å². The quantitative estimate of drug-likeness (QED) is 0.792. The van der Waals surface area contributed by atoms with Gasteiger partial charge in [0.05, 0.1) is 0 Å². The average molecular weight is 207 g/mol. The summed E-state index contributed by atoms with van der Waals surface area (Å²) in [6, 6.07) is 0. The maximum atomic E-state index is 5.56. The van der Waals surface area contributed by atoms with Crippen LogP contribution in [0, 0.1) is 0 Å². The molecule has 0 aromatic carbocycles. The molecule has 1 atom stereocenters. The third-order valence-corrected chi connectivity index (χ3v) is 1.73. The number of aromatic nitrogens is 3. The van der Waals surface area contributed by atoms with E-state index in [9.17, 15) is 0 Å². The summed E-state index contributed by atoms with van der Waals surface area (Å²) in [5, 5.41) is 0.204. The van der Waals surface area contributed by atoms with Gasteiger partial charge in [0, 0.05) is 12.5 Å². The molecule has 1 rings (SSSR count). The summed E-state index contributed by atoms with van der Waals surface area (Å²) in [5.74, 6) is 0.575. The lowest BCUT2D eigenvalue weighted by molar-refractivity contribution is 0.703. The molecule has 0 aliphatic heterocycles. The molecule has 0 saturated heterocycles. The summed E-state index contributed by atoms with van der Waals surface area (Å²) in [4.78, 5) is 11.4. The molecule has 0 fully saturated rings. The van der Waals surface area contributed by atoms with Gasteiger partial charge in [-0.05, 0) is 23.2 Å². The smallest absolute Gasteiger partial charge is 0.226 e. The van der Waals surface area contributed by atoms with Gasteiger partial charge in [0.15, 0.2) is 0 Å². The minimum Gasteiger partial charge on any atom is -0.330 e. The second-order valence-electron chi connectivity index (χ2n) is 2.37. The molecule has 66 valence electrons. The van der Waals surface area contributed by atoms with E-state index in [4.69, 9.17) is 28.9 Å². The largest absolute Gasteiger partial charge is 0.330 e. The standard InChI is InChI=1S/C6H8Cl2N4/c1-3(2-9)4-10-5(7)12-6(8)11-4/h3H,2,9H2,1H3. The number of nitrogens with two attached hydrogens (primary N) is 1. The number of rotatable bonds is 2. The highest BCUT2D eigenvalue weighted by Crippen LogP contribution is 2.12. The third kappa shape index (κ3) is 2.27. The van der Waals surface area contributed by atoms with E-state index in [0.29, 0.717) is 12.4 Å². The van der Waals surface area contributed by atoms with Crippen molar-refractivity contribution in [2.24, 2.45) is 5.73 Å². The molecule has 0 bridgehead atoms. The monoisotopic (exact) mass is 206 g/mol. The number of hydrogen-bond acceptors (Lipinski definition) is 4. The maximum absolute atomic E-state index is 5.56. The van der Waals surface area contributed by atoms with E-state index in [0.717, 1.165) is 0 Å². The molecular formula is C6H8Cl2N4. The van der Waals surface area contributed by atoms with Gasteiger partial charge in [0.25, 0.3) is 0 Å². The molecular weight excluding hydrogens is 199 g/mol. The molecule has 1 heterocycles. The second kappa shape index (κ2) is 3.98. The van der Waals surface area contributed by atoms with Crippen LogP contribution in [0.2, 0.25) is 10.6 Å². The first-order valence-corrected chi connectivity index (χ1v) is 4.16. The van der Waals surface area contributed by atoms with Crippen LogP contribution in [-0.4, -0.2) is 21.5 Å². The molecule has 0 radical (unpaired) electrons. The zero-order chi connectivity index (χ0) is 9.14. The fourth-order valence-electron chi connectivity index (χ4n) is 0.666. The van der Waals surface area contributed by atoms with Gasteiger partial charge in [0.1, 0.15) is 5.82 Å². The Bertz CT molecular complexity index is 258. The Morgan fingerprint density at radius 3 is 2.17 bits per heavy atom. The highest BCUT2D eigenvalue weighted by Gasteiger charge is 2.09. The first kappa shape index (κ1) is 9.64. The van der Waals surface area contributed by atoms with Crippen molar-refractivity contribution < 1.29 is 0 Å². The summed E-state index contributed by atoms with van der Waals surface area (Å²) < 4.78 is 0. The fraction of sp³-hybridized carbons (Fsp3) is 0.500. The van der Waals surface area contributed by atoms with Crippen LogP contribution in [0.15, 0.2) is 0 Å². The van der Waals surface area contributed by atoms with E-state index >= 15 is 0 Å². The van der Waals surface area contributed by atoms with Crippen molar-refractivity contribution in [2.75, 3.05) is 6.54 Å². The highest BCUT2D eigenvalue weighted by molar-refractivity contribution is 6.30. The molecule has 1 aromatic heterocycles. The average Bonchev–Trinajstić information content (AvgIpc) is 2.01. The first-order chi connectivity index (χ1) is 5.63. The molecule has 0 amide bonds. The molecule has 4 nitrogen and oxygen atoms in total. The van der Waals surface area contributed by atoms with Crippen LogP contribution < -0.4 is 5.73 Å². The summed E-state index contributed by atoms with van der Waals surface area (Å²) >= 11 is 11.1. The Labute approximate surface area is 80.1 Å². The Balaban J connectivity index is 3.00. The molecule has 2 N–H and O–H groups in total. The molecule has 12 heavy (non-hydrogen) atoms. The lowest BCUT2D eigenvalue weighted by Crippen LogP contribution is -2.12. The normalized spacial score (nSPS) is 13.0. The molecule has 0 saturated carbocycles. The van der Waals surface area contributed by atoms with E-state index in [1.54, 1.807) is 0 Å². The van der Waals surface area contributed by atoms with Gasteiger partial charge < -0.3 is 5.73 Å². The van der Waals surface area contributed by atoms with Gasteiger partial charge in [-0.25, -0.2) is 9.97 Å². The number of hydrogen-bond donors (Lipinski definition) is 1. The van der Waals surface area contributed by atoms with Crippen LogP contribution in [0.3, 0.4) is 0 Å². The van der Waals surface area contributed by atoms with Crippen LogP contribution in [-0.2, 0) is 0 Å². The topological polar surface area (TPSA) is 64.7 Å². The highest BCUT2D eigenvalue weighted by atomic mass is 35.5. The van der Waals surface area contributed by atoms with Crippen molar-refractivity contribution in [3.05, 3.63) is 16.4 Å². The van der Waals surface area contributed by atoms with Crippen LogP contribution in [0.1, 0.15) is 18.7 Å². The molecule has 1 aromatic rings. The van der Waals surface area contributed by atoms with Crippen molar-refractivity contribution in [3.63, 3.8) is 0 Å². The van der Waals surface area contributed by atoms with Crippen LogP contribution >= 0.6 is 23.2 Å². The Kier molecular flexibility index (Phi) is 3.20. The van der Waals surface area contributed by atoms with Crippen LogP contribution in [0.25, 0.3) is 0 Å². The summed E-state index contributed by atoms with van der Waals surface area (Å²) in [6.07, 6.45) is 0. The zero-order valence-corrected chi connectivity index (χ0v) is 7.97. The van der Waals surface area contributed by atoms with E-state index in [1.165, 1.54) is 0 Å². The lowest BCUT2D eigenvalue weighted by atomic mass is 10.2. The van der Waals surface area contributed by atoms with Gasteiger partial charge in [-0.2, -0.15) is 4.98 Å². The van der Waals surface area contributed by atoms with E-state index in [-0.39, 0.29) is 16.5 Å². The van der Waals surface area contributed by atoms with Crippen molar-refractivity contribution in [3.8, 4) is 0 Å². The van der Waals surface area contributed by atoms with Crippen molar-refractivity contribution in [2.45, 2.75) is 12.8 Å². The van der Waals surface area contributed by atoms with Crippen molar-refractivity contribution >= 4 is 23.2 Å². The van der Waals surface area contributed by atoms with Crippen molar-refractivity contribution in [1.82, 2.24) is 15.0 Å². The zero-order valence-electron chi connectivity index (χ0n) is 6.46. The van der Waals surface area contributed by atoms with Gasteiger partial charge in [-0.1, -0.05) is 6.92 Å². The van der Waals surface area contributed by atoms with Gasteiger partial charge >= 0.3 is 0 Å². The molecule has 1 unspecified atom stereocenters. The van der Waals surface area contributed by atoms with E-state index < -0.39 is 0 Å². The Hall–Kier alpha value is -0.450. The summed E-state index contributed by atoms with van der Waals surface area (Å²) in [5.41, 5.74) is 5.42. The summed E-state index contributed by atoms with van der Waals surface area (Å²) in [7, 11) is 0. The molecule has 0 aliphatic rings. The van der Waals surface area contributed by atoms with Gasteiger partial charge in [-0.15, -0.1) is 0 Å². The SMILES string of the molecule is CC(CN)c1nc(Cl)nc(Cl)n1. The Morgan fingerprint density at radius 2 is 1.75 bits per heavy atom. The molecule has 0 aliphatic carbocycles. The second-order valence-corrected chi connectivity index (χ2v) is 3.04. The third-order valence-electron chi connectivity index (χ3n) is 1.39. The van der Waals surface area contributed by atoms with Gasteiger partial charge in [0.2, 0.25) is 10.6 Å².